The molecule has 0 spiro atoms. The number of nitrogens with zero attached hydrogens (tertiary/aromatic N) is 2. The molecule has 1 aliphatic heterocycles. The molecule has 4 aromatic rings. The highest BCUT2D eigenvalue weighted by molar-refractivity contribution is 14.0. The fourth-order valence-corrected chi connectivity index (χ4v) is 5.77. The van der Waals surface area contributed by atoms with E-state index in [9.17, 15) is 0 Å². The van der Waals surface area contributed by atoms with Crippen LogP contribution < -0.4 is 4.90 Å². The Morgan fingerprint density at radius 2 is 1.66 bits per heavy atom. The van der Waals surface area contributed by atoms with E-state index in [0.29, 0.717) is 0 Å². The van der Waals surface area contributed by atoms with Gasteiger partial charge in [-0.3, -0.25) is 0 Å². The molecule has 1 aliphatic rings. The maximum Gasteiger partial charge on any atom is 0.120 e. The molecule has 0 bridgehead atoms. The topological polar surface area (TPSA) is 16.1 Å². The Morgan fingerprint density at radius 1 is 0.966 bits per heavy atom. The second kappa shape index (κ2) is 8.58. The summed E-state index contributed by atoms with van der Waals surface area (Å²) in [7, 11) is 0. The number of alkyl halides is 1. The molecule has 5 heteroatoms. The first-order chi connectivity index (χ1) is 13.7. The molecule has 146 valence electrons. The number of allylic oxidation sites excluding steroid dienone is 1. The van der Waals surface area contributed by atoms with E-state index in [1.807, 2.05) is 0 Å². The number of anilines is 2. The summed E-state index contributed by atoms with van der Waals surface area (Å²) < 4.78 is 1.24. The van der Waals surface area contributed by atoms with Crippen LogP contribution in [0.15, 0.2) is 84.4 Å². The van der Waals surface area contributed by atoms with Crippen LogP contribution in [0.4, 0.5) is 11.4 Å². The fourth-order valence-electron chi connectivity index (χ4n) is 3.80. The fraction of sp³-hybridized carbons (Fsp3) is 0.125. The summed E-state index contributed by atoms with van der Waals surface area (Å²) >= 11 is 5.79. The molecule has 0 amide bonds. The molecule has 29 heavy (non-hydrogen) atoms. The number of halogens is 2. The second-order valence-electron chi connectivity index (χ2n) is 6.98. The van der Waals surface area contributed by atoms with Crippen molar-refractivity contribution in [3.05, 3.63) is 95.0 Å². The van der Waals surface area contributed by atoms with E-state index in [0.717, 1.165) is 16.9 Å². The van der Waals surface area contributed by atoms with Crippen LogP contribution in [0.2, 0.25) is 0 Å². The van der Waals surface area contributed by atoms with Crippen molar-refractivity contribution in [2.45, 2.75) is 18.3 Å². The van der Waals surface area contributed by atoms with Crippen molar-refractivity contribution in [2.24, 2.45) is 0 Å². The number of benzene rings is 3. The molecule has 0 saturated carbocycles. The molecule has 0 N–H and O–H groups in total. The lowest BCUT2D eigenvalue weighted by molar-refractivity contribution is 0.892. The SMILES string of the molecule is CC(=C1Cc2ccccc2N(c2ccccc2)C1Br)c1nc2ccccc2s1.I. The predicted octanol–water partition coefficient (Wildman–Crippen LogP) is 7.80. The van der Waals surface area contributed by atoms with Gasteiger partial charge >= 0.3 is 0 Å². The number of aromatic nitrogens is 1. The number of thiazole rings is 1. The van der Waals surface area contributed by atoms with Gasteiger partial charge in [-0.2, -0.15) is 0 Å². The lowest BCUT2D eigenvalue weighted by Gasteiger charge is -2.38. The monoisotopic (exact) mass is 574 g/mol. The maximum absolute atomic E-state index is 4.90. The van der Waals surface area contributed by atoms with Crippen LogP contribution in [0.5, 0.6) is 0 Å². The van der Waals surface area contributed by atoms with Crippen molar-refractivity contribution >= 4 is 78.4 Å². The first-order valence-electron chi connectivity index (χ1n) is 9.34. The highest BCUT2D eigenvalue weighted by Crippen LogP contribution is 2.44. The van der Waals surface area contributed by atoms with Crippen LogP contribution in [0.3, 0.4) is 0 Å². The van der Waals surface area contributed by atoms with Crippen LogP contribution in [0, 0.1) is 0 Å². The Labute approximate surface area is 200 Å². The van der Waals surface area contributed by atoms with E-state index in [-0.39, 0.29) is 28.9 Å². The number of hydrogen-bond acceptors (Lipinski definition) is 3. The Kier molecular flexibility index (Phi) is 6.08. The third-order valence-corrected chi connectivity index (χ3v) is 7.40. The molecule has 0 radical (unpaired) electrons. The smallest absolute Gasteiger partial charge is 0.120 e. The van der Waals surface area contributed by atoms with Crippen LogP contribution in [-0.2, 0) is 6.42 Å². The molecule has 0 fully saturated rings. The highest BCUT2D eigenvalue weighted by Gasteiger charge is 2.31. The van der Waals surface area contributed by atoms with Gasteiger partial charge in [0, 0.05) is 11.4 Å². The number of fused-ring (bicyclic) bond motifs is 2. The minimum absolute atomic E-state index is 0. The van der Waals surface area contributed by atoms with Crippen molar-refractivity contribution in [1.82, 2.24) is 4.98 Å². The van der Waals surface area contributed by atoms with Gasteiger partial charge in [-0.1, -0.05) is 64.5 Å². The van der Waals surface area contributed by atoms with Crippen LogP contribution >= 0.6 is 51.2 Å². The van der Waals surface area contributed by atoms with E-state index in [4.69, 9.17) is 4.98 Å². The van der Waals surface area contributed by atoms with E-state index in [2.05, 4.69) is 107 Å². The van der Waals surface area contributed by atoms with Crippen molar-refractivity contribution in [3.63, 3.8) is 0 Å². The van der Waals surface area contributed by atoms with Crippen LogP contribution in [0.25, 0.3) is 15.8 Å². The number of para-hydroxylation sites is 3. The normalized spacial score (nSPS) is 17.6. The molecular formula is C24H20BrIN2S. The average molecular weight is 575 g/mol. The third kappa shape index (κ3) is 3.76. The zero-order chi connectivity index (χ0) is 19.1. The summed E-state index contributed by atoms with van der Waals surface area (Å²) in [5, 5.41) is 1.10. The third-order valence-electron chi connectivity index (χ3n) is 5.28. The summed E-state index contributed by atoms with van der Waals surface area (Å²) in [5.74, 6) is 0. The molecule has 0 saturated heterocycles. The summed E-state index contributed by atoms with van der Waals surface area (Å²) in [6.07, 6.45) is 0.928. The van der Waals surface area contributed by atoms with Gasteiger partial charge in [0.1, 0.15) is 9.96 Å². The van der Waals surface area contributed by atoms with Crippen LogP contribution in [-0.4, -0.2) is 9.94 Å². The zero-order valence-corrected chi connectivity index (χ0v) is 20.6. The molecule has 3 aromatic carbocycles. The van der Waals surface area contributed by atoms with Gasteiger partial charge in [-0.05, 0) is 60.4 Å². The first-order valence-corrected chi connectivity index (χ1v) is 11.1. The molecule has 2 heterocycles. The van der Waals surface area contributed by atoms with Gasteiger partial charge in [0.2, 0.25) is 0 Å². The van der Waals surface area contributed by atoms with Gasteiger partial charge in [-0.25, -0.2) is 4.98 Å². The summed E-state index contributed by atoms with van der Waals surface area (Å²) in [6, 6.07) is 27.6. The zero-order valence-electron chi connectivity index (χ0n) is 15.9. The van der Waals surface area contributed by atoms with Gasteiger partial charge in [0.25, 0.3) is 0 Å². The number of hydrogen-bond donors (Lipinski definition) is 0. The Morgan fingerprint density at radius 3 is 2.45 bits per heavy atom. The summed E-state index contributed by atoms with van der Waals surface area (Å²) in [4.78, 5) is 7.37. The standard InChI is InChI=1S/C24H19BrN2S.HI/c1-16(24-26-20-12-6-8-14-22(20)28-24)19-15-17-9-5-7-13-21(17)27(23(19)25)18-10-3-2-4-11-18;/h2-14,23H,15H2,1H3;1H. The summed E-state index contributed by atoms with van der Waals surface area (Å²) in [6.45, 7) is 2.21. The Balaban J connectivity index is 0.00000205. The van der Waals surface area contributed by atoms with Gasteiger partial charge < -0.3 is 4.90 Å². The van der Waals surface area contributed by atoms with Gasteiger partial charge in [0.15, 0.2) is 0 Å². The maximum atomic E-state index is 4.90. The van der Waals surface area contributed by atoms with Crippen molar-refractivity contribution in [3.8, 4) is 0 Å². The first kappa shape index (κ1) is 20.6. The highest BCUT2D eigenvalue weighted by atomic mass is 127. The quantitative estimate of drug-likeness (QED) is 0.138. The van der Waals surface area contributed by atoms with E-state index in [1.165, 1.54) is 32.8 Å². The molecule has 1 unspecified atom stereocenters. The van der Waals surface area contributed by atoms with Crippen molar-refractivity contribution in [1.29, 1.82) is 0 Å². The number of rotatable bonds is 2. The Hall–Kier alpha value is -1.70. The van der Waals surface area contributed by atoms with E-state index in [1.54, 1.807) is 11.3 Å². The minimum atomic E-state index is 0. The van der Waals surface area contributed by atoms with Gasteiger partial charge in [-0.15, -0.1) is 35.3 Å². The van der Waals surface area contributed by atoms with Crippen molar-refractivity contribution in [2.75, 3.05) is 4.90 Å². The molecule has 1 atom stereocenters. The van der Waals surface area contributed by atoms with Gasteiger partial charge in [0.05, 0.1) is 10.2 Å². The molecule has 1 aromatic heterocycles. The average Bonchev–Trinajstić information content (AvgIpc) is 3.18. The second-order valence-corrected chi connectivity index (χ2v) is 8.88. The van der Waals surface area contributed by atoms with Crippen molar-refractivity contribution < 1.29 is 0 Å². The summed E-state index contributed by atoms with van der Waals surface area (Å²) in [5.41, 5.74) is 7.49. The molecule has 0 aliphatic carbocycles. The lowest BCUT2D eigenvalue weighted by Crippen LogP contribution is -2.33. The largest absolute Gasteiger partial charge is 0.324 e. The van der Waals surface area contributed by atoms with E-state index < -0.39 is 0 Å². The molecular weight excluding hydrogens is 555 g/mol. The minimum Gasteiger partial charge on any atom is -0.324 e. The predicted molar refractivity (Wildman–Crippen MR) is 139 cm³/mol. The Bertz CT molecular complexity index is 1150. The molecule has 5 rings (SSSR count). The lowest BCUT2D eigenvalue weighted by atomic mass is 9.93. The molecule has 2 nitrogen and oxygen atoms in total. The van der Waals surface area contributed by atoms with Crippen LogP contribution in [0.1, 0.15) is 17.5 Å². The van der Waals surface area contributed by atoms with E-state index >= 15 is 0 Å².